The molecule has 0 aromatic heterocycles. The molecule has 1 unspecified atom stereocenters. The average molecular weight is 113 g/mol. The summed E-state index contributed by atoms with van der Waals surface area (Å²) in [5, 5.41) is 4.19. The van der Waals surface area contributed by atoms with Crippen LogP contribution in [-0.2, 0) is 0 Å². The van der Waals surface area contributed by atoms with E-state index in [1.54, 1.807) is 0 Å². The van der Waals surface area contributed by atoms with Crippen LogP contribution in [0.15, 0.2) is 0 Å². The standard InChI is InChI=1S/C6H13N2/c1-7-6-4-3-5-8(6)2/h6H,3-5H2,1-2H3. The van der Waals surface area contributed by atoms with Crippen molar-refractivity contribution in [2.45, 2.75) is 19.0 Å². The van der Waals surface area contributed by atoms with E-state index < -0.39 is 0 Å². The van der Waals surface area contributed by atoms with Gasteiger partial charge in [0.15, 0.2) is 0 Å². The molecule has 1 radical (unpaired) electrons. The van der Waals surface area contributed by atoms with Crippen LogP contribution in [0.2, 0.25) is 0 Å². The summed E-state index contributed by atoms with van der Waals surface area (Å²) in [5.74, 6) is 0. The van der Waals surface area contributed by atoms with Crippen molar-refractivity contribution in [2.24, 2.45) is 0 Å². The van der Waals surface area contributed by atoms with Crippen LogP contribution in [-0.4, -0.2) is 31.7 Å². The highest BCUT2D eigenvalue weighted by molar-refractivity contribution is 4.71. The van der Waals surface area contributed by atoms with Gasteiger partial charge in [-0.15, -0.1) is 0 Å². The summed E-state index contributed by atoms with van der Waals surface area (Å²) in [7, 11) is 4.02. The predicted octanol–water partition coefficient (Wildman–Crippen LogP) is 0.272. The molecule has 0 aliphatic carbocycles. The fourth-order valence-corrected chi connectivity index (χ4v) is 1.22. The van der Waals surface area contributed by atoms with Gasteiger partial charge in [0.05, 0.1) is 6.17 Å². The molecule has 0 aromatic carbocycles. The molecule has 0 N–H and O–H groups in total. The van der Waals surface area contributed by atoms with Crippen LogP contribution >= 0.6 is 0 Å². The summed E-state index contributed by atoms with van der Waals surface area (Å²) >= 11 is 0. The quantitative estimate of drug-likeness (QED) is 0.477. The molecule has 1 fully saturated rings. The third-order valence-electron chi connectivity index (χ3n) is 1.78. The molecule has 2 nitrogen and oxygen atoms in total. The zero-order chi connectivity index (χ0) is 5.98. The van der Waals surface area contributed by atoms with Crippen molar-refractivity contribution in [3.8, 4) is 0 Å². The Kier molecular flexibility index (Phi) is 1.86. The molecule has 1 aliphatic heterocycles. The molecule has 1 atom stereocenters. The molecule has 2 heteroatoms. The Morgan fingerprint density at radius 3 is 2.62 bits per heavy atom. The highest BCUT2D eigenvalue weighted by Gasteiger charge is 2.18. The Hall–Kier alpha value is -0.0800. The lowest BCUT2D eigenvalue weighted by molar-refractivity contribution is 0.274. The van der Waals surface area contributed by atoms with Gasteiger partial charge in [0, 0.05) is 7.05 Å². The van der Waals surface area contributed by atoms with Crippen molar-refractivity contribution in [2.75, 3.05) is 20.6 Å². The van der Waals surface area contributed by atoms with Crippen molar-refractivity contribution >= 4 is 0 Å². The Labute approximate surface area is 50.9 Å². The fraction of sp³-hybridized carbons (Fsp3) is 1.00. The molecule has 1 heterocycles. The van der Waals surface area contributed by atoms with E-state index in [0.29, 0.717) is 6.17 Å². The molecule has 47 valence electrons. The summed E-state index contributed by atoms with van der Waals surface area (Å²) in [6, 6.07) is 0. The smallest absolute Gasteiger partial charge is 0.0755 e. The van der Waals surface area contributed by atoms with Gasteiger partial charge in [-0.05, 0) is 26.4 Å². The van der Waals surface area contributed by atoms with E-state index in [1.807, 2.05) is 7.05 Å². The summed E-state index contributed by atoms with van der Waals surface area (Å²) in [6.07, 6.45) is 3.10. The maximum Gasteiger partial charge on any atom is 0.0755 e. The van der Waals surface area contributed by atoms with Gasteiger partial charge in [-0.25, -0.2) is 5.32 Å². The van der Waals surface area contributed by atoms with E-state index in [2.05, 4.69) is 17.3 Å². The first-order valence-electron chi connectivity index (χ1n) is 3.14. The van der Waals surface area contributed by atoms with Crippen LogP contribution in [0.3, 0.4) is 0 Å². The van der Waals surface area contributed by atoms with Crippen molar-refractivity contribution in [1.82, 2.24) is 10.2 Å². The molecule has 0 saturated carbocycles. The van der Waals surface area contributed by atoms with Gasteiger partial charge >= 0.3 is 0 Å². The van der Waals surface area contributed by atoms with Crippen molar-refractivity contribution in [3.05, 3.63) is 0 Å². The number of hydrogen-bond donors (Lipinski definition) is 0. The minimum Gasteiger partial charge on any atom is -0.290 e. The Bertz CT molecular complexity index is 72.9. The Balaban J connectivity index is 2.30. The zero-order valence-corrected chi connectivity index (χ0v) is 5.59. The predicted molar refractivity (Wildman–Crippen MR) is 33.7 cm³/mol. The van der Waals surface area contributed by atoms with Gasteiger partial charge in [-0.1, -0.05) is 0 Å². The van der Waals surface area contributed by atoms with E-state index in [9.17, 15) is 0 Å². The summed E-state index contributed by atoms with van der Waals surface area (Å²) in [5.41, 5.74) is 0. The first kappa shape index (κ1) is 6.05. The van der Waals surface area contributed by atoms with E-state index in [-0.39, 0.29) is 0 Å². The molecule has 8 heavy (non-hydrogen) atoms. The number of likely N-dealkylation sites (tertiary alicyclic amines) is 1. The lowest BCUT2D eigenvalue weighted by Gasteiger charge is -2.15. The molecule has 1 rings (SSSR count). The van der Waals surface area contributed by atoms with Crippen molar-refractivity contribution in [3.63, 3.8) is 0 Å². The summed E-state index contributed by atoms with van der Waals surface area (Å²) < 4.78 is 0. The summed E-state index contributed by atoms with van der Waals surface area (Å²) in [6.45, 7) is 1.22. The van der Waals surface area contributed by atoms with Crippen molar-refractivity contribution < 1.29 is 0 Å². The molecule has 1 saturated heterocycles. The lowest BCUT2D eigenvalue weighted by atomic mass is 10.3. The number of hydrogen-bond acceptors (Lipinski definition) is 1. The van der Waals surface area contributed by atoms with Gasteiger partial charge in [-0.2, -0.15) is 0 Å². The number of nitrogens with zero attached hydrogens (tertiary/aromatic N) is 2. The molecular weight excluding hydrogens is 100 g/mol. The molecule has 0 aromatic rings. The zero-order valence-electron chi connectivity index (χ0n) is 5.59. The third kappa shape index (κ3) is 1.01. The molecule has 0 spiro atoms. The fourth-order valence-electron chi connectivity index (χ4n) is 1.22. The van der Waals surface area contributed by atoms with Crippen LogP contribution in [0, 0.1) is 0 Å². The van der Waals surface area contributed by atoms with Gasteiger partial charge in [0.1, 0.15) is 0 Å². The average Bonchev–Trinajstić information content (AvgIpc) is 2.14. The molecule has 0 amide bonds. The minimum atomic E-state index is 0.523. The first-order valence-corrected chi connectivity index (χ1v) is 3.14. The highest BCUT2D eigenvalue weighted by atomic mass is 15.3. The maximum atomic E-state index is 4.19. The second kappa shape index (κ2) is 2.46. The van der Waals surface area contributed by atoms with Gasteiger partial charge in [0.2, 0.25) is 0 Å². The van der Waals surface area contributed by atoms with Gasteiger partial charge in [-0.3, -0.25) is 4.90 Å². The normalized spacial score (nSPS) is 31.5. The monoisotopic (exact) mass is 113 g/mol. The molecular formula is C6H13N2. The van der Waals surface area contributed by atoms with Gasteiger partial charge in [0.25, 0.3) is 0 Å². The van der Waals surface area contributed by atoms with Crippen LogP contribution in [0.5, 0.6) is 0 Å². The third-order valence-corrected chi connectivity index (χ3v) is 1.78. The van der Waals surface area contributed by atoms with Crippen LogP contribution in [0.4, 0.5) is 0 Å². The Morgan fingerprint density at radius 2 is 2.38 bits per heavy atom. The topological polar surface area (TPSA) is 17.3 Å². The van der Waals surface area contributed by atoms with Crippen molar-refractivity contribution in [1.29, 1.82) is 0 Å². The minimum absolute atomic E-state index is 0.523. The Morgan fingerprint density at radius 1 is 1.62 bits per heavy atom. The second-order valence-corrected chi connectivity index (χ2v) is 2.36. The highest BCUT2D eigenvalue weighted by Crippen LogP contribution is 2.11. The SMILES string of the molecule is C[N]C1CCCN1C. The van der Waals surface area contributed by atoms with Crippen LogP contribution in [0.25, 0.3) is 0 Å². The van der Waals surface area contributed by atoms with Gasteiger partial charge < -0.3 is 0 Å². The van der Waals surface area contributed by atoms with E-state index in [4.69, 9.17) is 0 Å². The summed E-state index contributed by atoms with van der Waals surface area (Å²) in [4.78, 5) is 2.29. The van der Waals surface area contributed by atoms with Crippen LogP contribution < -0.4 is 5.32 Å². The molecule has 0 bridgehead atoms. The lowest BCUT2D eigenvalue weighted by Crippen LogP contribution is -2.31. The van der Waals surface area contributed by atoms with E-state index >= 15 is 0 Å². The maximum absolute atomic E-state index is 4.19. The first-order chi connectivity index (χ1) is 3.84. The molecule has 1 aliphatic rings. The van der Waals surface area contributed by atoms with Crippen LogP contribution in [0.1, 0.15) is 12.8 Å². The number of rotatable bonds is 1. The second-order valence-electron chi connectivity index (χ2n) is 2.36. The van der Waals surface area contributed by atoms with E-state index in [1.165, 1.54) is 19.4 Å². The largest absolute Gasteiger partial charge is 0.290 e. The van der Waals surface area contributed by atoms with E-state index in [0.717, 1.165) is 0 Å².